The Kier molecular flexibility index (Phi) is 7.84. The van der Waals surface area contributed by atoms with E-state index >= 15 is 0 Å². The predicted octanol–water partition coefficient (Wildman–Crippen LogP) is 3.09. The number of nitro benzene ring substituents is 1. The smallest absolute Gasteiger partial charge is 0.272 e. The molecule has 2 N–H and O–H groups in total. The van der Waals surface area contributed by atoms with E-state index in [2.05, 4.69) is 20.8 Å². The molecular weight excluding hydrogens is 442 g/mol. The quantitative estimate of drug-likeness (QED) is 0.282. The Bertz CT molecular complexity index is 1230. The van der Waals surface area contributed by atoms with E-state index < -0.39 is 16.7 Å². The second-order valence-corrected chi connectivity index (χ2v) is 6.94. The molecule has 2 aromatic carbocycles. The summed E-state index contributed by atoms with van der Waals surface area (Å²) in [6, 6.07) is 12.3. The SMILES string of the molecule is COc1cc(/C=N/NC(=O)c2cccnc2)ccc1OCC(=O)Nc1cc([N+](=O)[O-])ccc1C. The van der Waals surface area contributed by atoms with E-state index in [0.717, 1.165) is 0 Å². The Balaban J connectivity index is 1.59. The average molecular weight is 463 g/mol. The molecule has 0 bridgehead atoms. The first kappa shape index (κ1) is 23.9. The van der Waals surface area contributed by atoms with Gasteiger partial charge in [0.05, 0.1) is 29.5 Å². The molecule has 0 saturated carbocycles. The lowest BCUT2D eigenvalue weighted by Gasteiger charge is -2.12. The molecule has 0 aliphatic carbocycles. The Hall–Kier alpha value is -4.80. The summed E-state index contributed by atoms with van der Waals surface area (Å²) in [7, 11) is 1.44. The largest absolute Gasteiger partial charge is 0.493 e. The van der Waals surface area contributed by atoms with Gasteiger partial charge in [-0.3, -0.25) is 24.7 Å². The van der Waals surface area contributed by atoms with E-state index in [4.69, 9.17) is 9.47 Å². The van der Waals surface area contributed by atoms with E-state index in [0.29, 0.717) is 33.9 Å². The van der Waals surface area contributed by atoms with E-state index in [1.54, 1.807) is 49.5 Å². The number of carbonyl (C=O) groups is 2. The van der Waals surface area contributed by atoms with E-state index in [1.807, 2.05) is 0 Å². The van der Waals surface area contributed by atoms with Crippen molar-refractivity contribution in [1.29, 1.82) is 0 Å². The fourth-order valence-corrected chi connectivity index (χ4v) is 2.80. The number of aromatic nitrogens is 1. The van der Waals surface area contributed by atoms with E-state index in [9.17, 15) is 19.7 Å². The summed E-state index contributed by atoms with van der Waals surface area (Å²) in [5, 5.41) is 17.5. The van der Waals surface area contributed by atoms with Crippen molar-refractivity contribution < 1.29 is 24.0 Å². The minimum absolute atomic E-state index is 0.127. The number of carbonyl (C=O) groups excluding carboxylic acids is 2. The Labute approximate surface area is 194 Å². The monoisotopic (exact) mass is 463 g/mol. The molecule has 1 heterocycles. The van der Waals surface area contributed by atoms with Crippen molar-refractivity contribution in [2.75, 3.05) is 19.0 Å². The fraction of sp³-hybridized carbons (Fsp3) is 0.130. The third-order valence-corrected chi connectivity index (χ3v) is 4.56. The Morgan fingerprint density at radius 3 is 2.71 bits per heavy atom. The van der Waals surface area contributed by atoms with Crippen molar-refractivity contribution in [3.8, 4) is 11.5 Å². The van der Waals surface area contributed by atoms with Crippen LogP contribution in [0.4, 0.5) is 11.4 Å². The molecule has 174 valence electrons. The number of ether oxygens (including phenoxy) is 2. The third kappa shape index (κ3) is 6.36. The van der Waals surface area contributed by atoms with Gasteiger partial charge in [0.1, 0.15) is 0 Å². The number of hydrogen-bond donors (Lipinski definition) is 2. The predicted molar refractivity (Wildman–Crippen MR) is 124 cm³/mol. The van der Waals surface area contributed by atoms with Gasteiger partial charge in [-0.25, -0.2) is 5.43 Å². The number of amides is 2. The number of nitrogens with zero attached hydrogens (tertiary/aromatic N) is 3. The lowest BCUT2D eigenvalue weighted by atomic mass is 10.2. The maximum Gasteiger partial charge on any atom is 0.272 e. The van der Waals surface area contributed by atoms with Crippen LogP contribution in [0, 0.1) is 17.0 Å². The maximum atomic E-state index is 12.3. The van der Waals surface area contributed by atoms with Crippen LogP contribution in [-0.2, 0) is 4.79 Å². The standard InChI is InChI=1S/C23H21N5O6/c1-15-5-7-18(28(31)32)11-19(15)26-22(29)14-34-20-8-6-16(10-21(20)33-2)12-25-27-23(30)17-4-3-9-24-13-17/h3-13H,14H2,1-2H3,(H,26,29)(H,27,30)/b25-12+. The van der Waals surface area contributed by atoms with E-state index in [1.165, 1.54) is 31.7 Å². The van der Waals surface area contributed by atoms with Gasteiger partial charge < -0.3 is 14.8 Å². The number of anilines is 1. The van der Waals surface area contributed by atoms with Crippen molar-refractivity contribution in [3.05, 3.63) is 87.7 Å². The number of hydrazone groups is 1. The molecule has 0 aliphatic heterocycles. The first-order valence-corrected chi connectivity index (χ1v) is 9.96. The topological polar surface area (TPSA) is 145 Å². The molecule has 11 nitrogen and oxygen atoms in total. The molecule has 11 heteroatoms. The minimum atomic E-state index is -0.536. The summed E-state index contributed by atoms with van der Waals surface area (Å²) in [6.45, 7) is 1.38. The molecule has 3 rings (SSSR count). The van der Waals surface area contributed by atoms with E-state index in [-0.39, 0.29) is 12.3 Å². The number of rotatable bonds is 9. The van der Waals surface area contributed by atoms with Crippen molar-refractivity contribution in [3.63, 3.8) is 0 Å². The zero-order valence-corrected chi connectivity index (χ0v) is 18.3. The van der Waals surface area contributed by atoms with Crippen LogP contribution in [0.2, 0.25) is 0 Å². The number of methoxy groups -OCH3 is 1. The highest BCUT2D eigenvalue weighted by molar-refractivity contribution is 5.94. The first-order chi connectivity index (χ1) is 16.4. The second kappa shape index (κ2) is 11.2. The van der Waals surface area contributed by atoms with Gasteiger partial charge in [0.15, 0.2) is 18.1 Å². The van der Waals surface area contributed by atoms with Crippen molar-refractivity contribution in [1.82, 2.24) is 10.4 Å². The summed E-state index contributed by atoms with van der Waals surface area (Å²) in [6.07, 6.45) is 4.42. The van der Waals surface area contributed by atoms with Gasteiger partial charge in [-0.05, 0) is 48.4 Å². The fourth-order valence-electron chi connectivity index (χ4n) is 2.80. The van der Waals surface area contributed by atoms with Crippen LogP contribution in [0.3, 0.4) is 0 Å². The van der Waals surface area contributed by atoms with Gasteiger partial charge in [-0.15, -0.1) is 0 Å². The zero-order valence-electron chi connectivity index (χ0n) is 18.3. The molecule has 0 aliphatic rings. The van der Waals surface area contributed by atoms with Crippen LogP contribution in [0.1, 0.15) is 21.5 Å². The second-order valence-electron chi connectivity index (χ2n) is 6.94. The van der Waals surface area contributed by atoms with Crippen LogP contribution in [-0.4, -0.2) is 41.7 Å². The van der Waals surface area contributed by atoms with Gasteiger partial charge in [-0.2, -0.15) is 5.10 Å². The van der Waals surface area contributed by atoms with Crippen LogP contribution in [0.25, 0.3) is 0 Å². The zero-order chi connectivity index (χ0) is 24.5. The molecule has 0 spiro atoms. The third-order valence-electron chi connectivity index (χ3n) is 4.56. The van der Waals surface area contributed by atoms with Crippen molar-refractivity contribution >= 4 is 29.4 Å². The number of hydrogen-bond acceptors (Lipinski definition) is 8. The summed E-state index contributed by atoms with van der Waals surface area (Å²) in [5.74, 6) is -0.234. The molecule has 1 aromatic heterocycles. The van der Waals surface area contributed by atoms with Gasteiger partial charge in [-0.1, -0.05) is 6.07 Å². The molecule has 0 radical (unpaired) electrons. The molecule has 0 atom stereocenters. The molecular formula is C23H21N5O6. The van der Waals surface area contributed by atoms with Gasteiger partial charge in [0, 0.05) is 24.5 Å². The minimum Gasteiger partial charge on any atom is -0.493 e. The Morgan fingerprint density at radius 1 is 1.18 bits per heavy atom. The van der Waals surface area contributed by atoms with Crippen LogP contribution in [0.5, 0.6) is 11.5 Å². The summed E-state index contributed by atoms with van der Waals surface area (Å²) < 4.78 is 10.8. The first-order valence-electron chi connectivity index (χ1n) is 9.96. The number of benzene rings is 2. The number of nitro groups is 1. The highest BCUT2D eigenvalue weighted by Crippen LogP contribution is 2.28. The van der Waals surface area contributed by atoms with Crippen molar-refractivity contribution in [2.24, 2.45) is 5.10 Å². The van der Waals surface area contributed by atoms with Gasteiger partial charge in [0.25, 0.3) is 17.5 Å². The summed E-state index contributed by atoms with van der Waals surface area (Å²) in [4.78, 5) is 38.6. The highest BCUT2D eigenvalue weighted by Gasteiger charge is 2.13. The average Bonchev–Trinajstić information content (AvgIpc) is 2.84. The molecule has 0 unspecified atom stereocenters. The van der Waals surface area contributed by atoms with Gasteiger partial charge >= 0.3 is 0 Å². The normalized spacial score (nSPS) is 10.5. The highest BCUT2D eigenvalue weighted by atomic mass is 16.6. The Morgan fingerprint density at radius 2 is 2.00 bits per heavy atom. The van der Waals surface area contributed by atoms with Crippen LogP contribution >= 0.6 is 0 Å². The van der Waals surface area contributed by atoms with Crippen LogP contribution < -0.4 is 20.2 Å². The number of non-ortho nitro benzene ring substituents is 1. The number of nitrogens with one attached hydrogen (secondary N) is 2. The summed E-state index contributed by atoms with van der Waals surface area (Å²) >= 11 is 0. The summed E-state index contributed by atoms with van der Waals surface area (Å²) in [5.41, 5.74) is 4.27. The molecule has 3 aromatic rings. The van der Waals surface area contributed by atoms with Crippen LogP contribution in [0.15, 0.2) is 66.0 Å². The lowest BCUT2D eigenvalue weighted by Crippen LogP contribution is -2.21. The molecule has 34 heavy (non-hydrogen) atoms. The molecule has 2 amide bonds. The lowest BCUT2D eigenvalue weighted by molar-refractivity contribution is -0.384. The maximum absolute atomic E-state index is 12.3. The van der Waals surface area contributed by atoms with Gasteiger partial charge in [0.2, 0.25) is 0 Å². The number of pyridine rings is 1. The number of aryl methyl sites for hydroxylation is 1. The molecule has 0 saturated heterocycles. The molecule has 0 fully saturated rings. The van der Waals surface area contributed by atoms with Crippen molar-refractivity contribution in [2.45, 2.75) is 6.92 Å².